The van der Waals surface area contributed by atoms with Crippen molar-refractivity contribution in [1.29, 1.82) is 0 Å². The molecule has 8 nitrogen and oxygen atoms in total. The van der Waals surface area contributed by atoms with Crippen molar-refractivity contribution in [2.24, 2.45) is 11.7 Å². The molecule has 0 saturated heterocycles. The Labute approximate surface area is 159 Å². The van der Waals surface area contributed by atoms with Crippen LogP contribution in [0.4, 0.5) is 5.69 Å². The first-order valence-corrected chi connectivity index (χ1v) is 8.45. The highest BCUT2D eigenvalue weighted by Crippen LogP contribution is 2.20. The highest BCUT2D eigenvalue weighted by molar-refractivity contribution is 6.03. The van der Waals surface area contributed by atoms with Crippen molar-refractivity contribution in [2.75, 3.05) is 5.32 Å². The van der Waals surface area contributed by atoms with Gasteiger partial charge < -0.3 is 11.1 Å². The first-order valence-electron chi connectivity index (χ1n) is 8.45. The lowest BCUT2D eigenvalue weighted by Gasteiger charge is -2.18. The van der Waals surface area contributed by atoms with Gasteiger partial charge in [0, 0.05) is 11.3 Å². The lowest BCUT2D eigenvalue weighted by atomic mass is 9.91. The number of nitrogens with one attached hydrogen (secondary N) is 3. The Hall–Kier alpha value is -3.94. The summed E-state index contributed by atoms with van der Waals surface area (Å²) < 4.78 is 0. The maximum atomic E-state index is 12.8. The molecule has 3 aromatic rings. The summed E-state index contributed by atoms with van der Waals surface area (Å²) in [6.45, 7) is 3.65. The molecule has 0 saturated carbocycles. The third-order valence-corrected chi connectivity index (χ3v) is 4.40. The monoisotopic (exact) mass is 378 g/mol. The molecular formula is C20H18N4O4. The van der Waals surface area contributed by atoms with Crippen LogP contribution in [-0.2, 0) is 16.0 Å². The lowest BCUT2D eigenvalue weighted by Crippen LogP contribution is -2.31. The first-order chi connectivity index (χ1) is 13.4. The van der Waals surface area contributed by atoms with Crippen LogP contribution in [0.3, 0.4) is 0 Å². The predicted molar refractivity (Wildman–Crippen MR) is 106 cm³/mol. The second-order valence-corrected chi connectivity index (χ2v) is 6.29. The number of fused-ring (bicyclic) bond motifs is 1. The van der Waals surface area contributed by atoms with E-state index in [0.717, 1.165) is 5.56 Å². The van der Waals surface area contributed by atoms with Crippen LogP contribution in [0, 0.1) is 5.92 Å². The third-order valence-electron chi connectivity index (χ3n) is 4.40. The van der Waals surface area contributed by atoms with Gasteiger partial charge in [-0.15, -0.1) is 0 Å². The third kappa shape index (κ3) is 3.90. The summed E-state index contributed by atoms with van der Waals surface area (Å²) in [5.74, 6) is -2.14. The molecule has 3 rings (SSSR count). The van der Waals surface area contributed by atoms with E-state index in [1.165, 1.54) is 18.2 Å². The molecular weight excluding hydrogens is 360 g/mol. The largest absolute Gasteiger partial charge is 0.366 e. The maximum Gasteiger partial charge on any atom is 0.270 e. The van der Waals surface area contributed by atoms with E-state index in [-0.39, 0.29) is 22.8 Å². The van der Waals surface area contributed by atoms with E-state index in [9.17, 15) is 19.2 Å². The van der Waals surface area contributed by atoms with Crippen LogP contribution in [0.2, 0.25) is 0 Å². The zero-order valence-corrected chi connectivity index (χ0v) is 14.8. The molecule has 0 bridgehead atoms. The maximum absolute atomic E-state index is 12.8. The van der Waals surface area contributed by atoms with E-state index in [4.69, 9.17) is 5.73 Å². The predicted octanol–water partition coefficient (Wildman–Crippen LogP) is 1.06. The molecule has 0 radical (unpaired) electrons. The number of aromatic nitrogens is 2. The number of rotatable bonds is 6. The van der Waals surface area contributed by atoms with Gasteiger partial charge in [-0.3, -0.25) is 29.4 Å². The molecule has 0 fully saturated rings. The van der Waals surface area contributed by atoms with Crippen LogP contribution in [-0.4, -0.2) is 22.0 Å². The second kappa shape index (κ2) is 7.75. The summed E-state index contributed by atoms with van der Waals surface area (Å²) >= 11 is 0. The van der Waals surface area contributed by atoms with Crippen molar-refractivity contribution in [1.82, 2.24) is 10.2 Å². The Bertz CT molecular complexity index is 1180. The highest BCUT2D eigenvalue weighted by atomic mass is 16.2. The van der Waals surface area contributed by atoms with Crippen molar-refractivity contribution in [3.05, 3.63) is 87.0 Å². The molecule has 5 N–H and O–H groups in total. The Morgan fingerprint density at radius 2 is 1.64 bits per heavy atom. The topological polar surface area (TPSA) is 138 Å². The molecule has 1 aromatic heterocycles. The van der Waals surface area contributed by atoms with E-state index in [0.29, 0.717) is 5.69 Å². The van der Waals surface area contributed by atoms with E-state index in [1.54, 1.807) is 0 Å². The van der Waals surface area contributed by atoms with Crippen LogP contribution in [0.25, 0.3) is 10.8 Å². The van der Waals surface area contributed by atoms with Gasteiger partial charge in [0.05, 0.1) is 16.7 Å². The number of nitrogens with two attached hydrogens (primary N) is 1. The van der Waals surface area contributed by atoms with Gasteiger partial charge in [-0.2, -0.15) is 0 Å². The van der Waals surface area contributed by atoms with Crippen molar-refractivity contribution in [3.8, 4) is 0 Å². The molecule has 0 aliphatic carbocycles. The molecule has 0 aliphatic rings. The molecule has 0 aliphatic heterocycles. The Kier molecular flexibility index (Phi) is 5.21. The fourth-order valence-corrected chi connectivity index (χ4v) is 2.88. The highest BCUT2D eigenvalue weighted by Gasteiger charge is 2.25. The van der Waals surface area contributed by atoms with Gasteiger partial charge in [0.25, 0.3) is 11.1 Å². The zero-order valence-electron chi connectivity index (χ0n) is 14.8. The number of primary amides is 1. The van der Waals surface area contributed by atoms with Gasteiger partial charge in [-0.25, -0.2) is 0 Å². The van der Waals surface area contributed by atoms with E-state index >= 15 is 0 Å². The molecule has 0 unspecified atom stereocenters. The number of carbonyl (C=O) groups excluding carboxylic acids is 2. The summed E-state index contributed by atoms with van der Waals surface area (Å²) in [5, 5.41) is 7.46. The Balaban J connectivity index is 1.91. The summed E-state index contributed by atoms with van der Waals surface area (Å²) in [6.07, 6.45) is 0.238. The average molecular weight is 378 g/mol. The first kappa shape index (κ1) is 18.8. The summed E-state index contributed by atoms with van der Waals surface area (Å²) in [6, 6.07) is 13.5. The number of H-pyrrole nitrogens is 2. The minimum absolute atomic E-state index is 0.0172. The number of amides is 2. The summed E-state index contributed by atoms with van der Waals surface area (Å²) in [7, 11) is 0. The van der Waals surface area contributed by atoms with E-state index < -0.39 is 28.9 Å². The van der Waals surface area contributed by atoms with Crippen molar-refractivity contribution in [3.63, 3.8) is 0 Å². The van der Waals surface area contributed by atoms with Crippen LogP contribution in [0.5, 0.6) is 0 Å². The minimum atomic E-state index is -0.881. The van der Waals surface area contributed by atoms with Crippen molar-refractivity contribution < 1.29 is 9.59 Å². The molecule has 2 aromatic carbocycles. The van der Waals surface area contributed by atoms with Crippen LogP contribution in [0.15, 0.2) is 70.3 Å². The normalized spacial score (nSPS) is 11.7. The minimum Gasteiger partial charge on any atom is -0.366 e. The molecule has 1 atom stereocenters. The fraction of sp³-hybridized carbons (Fsp3) is 0.100. The second-order valence-electron chi connectivity index (χ2n) is 6.29. The van der Waals surface area contributed by atoms with E-state index in [2.05, 4.69) is 22.1 Å². The molecule has 28 heavy (non-hydrogen) atoms. The summed E-state index contributed by atoms with van der Waals surface area (Å²) in [4.78, 5) is 48.1. The van der Waals surface area contributed by atoms with Crippen molar-refractivity contribution >= 4 is 28.3 Å². The number of hydrogen-bond acceptors (Lipinski definition) is 4. The van der Waals surface area contributed by atoms with Gasteiger partial charge in [-0.1, -0.05) is 36.9 Å². The molecule has 142 valence electrons. The van der Waals surface area contributed by atoms with Crippen LogP contribution < -0.4 is 22.2 Å². The molecule has 1 heterocycles. The fourth-order valence-electron chi connectivity index (χ4n) is 2.88. The van der Waals surface area contributed by atoms with Gasteiger partial charge in [0.2, 0.25) is 11.8 Å². The van der Waals surface area contributed by atoms with Crippen molar-refractivity contribution in [2.45, 2.75) is 6.42 Å². The number of benzene rings is 2. The number of hydrogen-bond donors (Lipinski definition) is 4. The van der Waals surface area contributed by atoms with Crippen LogP contribution >= 0.6 is 0 Å². The van der Waals surface area contributed by atoms with Gasteiger partial charge >= 0.3 is 0 Å². The SMILES string of the molecule is C=C(C(N)=O)[C@H](Cc1ccccc1)C(=O)Nc1ccc2c(=O)[nH][nH]c(=O)c2c1. The number of carbonyl (C=O) groups is 2. The van der Waals surface area contributed by atoms with Gasteiger partial charge in [-0.05, 0) is 30.2 Å². The average Bonchev–Trinajstić information content (AvgIpc) is 2.69. The van der Waals surface area contributed by atoms with Gasteiger partial charge in [0.15, 0.2) is 0 Å². The Morgan fingerprint density at radius 1 is 1.00 bits per heavy atom. The van der Waals surface area contributed by atoms with E-state index in [1.807, 2.05) is 30.3 Å². The zero-order chi connectivity index (χ0) is 20.3. The van der Waals surface area contributed by atoms with Gasteiger partial charge in [0.1, 0.15) is 0 Å². The molecule has 8 heteroatoms. The van der Waals surface area contributed by atoms with Crippen LogP contribution in [0.1, 0.15) is 5.56 Å². The standard InChI is InChI=1S/C20H18N4O4/c1-11(17(21)25)15(9-12-5-3-2-4-6-12)18(26)22-13-7-8-14-16(10-13)20(28)24-23-19(14)27/h2-8,10,15H,1,9H2,(H2,21,25)(H,22,26)(H,23,27)(H,24,28)/t15-/m0/s1. The quantitative estimate of drug-likeness (QED) is 0.476. The lowest BCUT2D eigenvalue weighted by molar-refractivity contribution is -0.122. The summed E-state index contributed by atoms with van der Waals surface area (Å²) in [5.41, 5.74) is 5.52. The smallest absolute Gasteiger partial charge is 0.270 e. The number of anilines is 1. The molecule has 2 amide bonds. The Morgan fingerprint density at radius 3 is 2.29 bits per heavy atom. The number of aromatic amines is 2. The molecule has 0 spiro atoms.